The maximum atomic E-state index is 12.6. The Labute approximate surface area is 119 Å². The fourth-order valence-corrected chi connectivity index (χ4v) is 4.65. The van der Waals surface area contributed by atoms with E-state index in [4.69, 9.17) is 5.73 Å². The van der Waals surface area contributed by atoms with E-state index < -0.39 is 17.3 Å². The van der Waals surface area contributed by atoms with Crippen LogP contribution in [-0.2, 0) is 9.59 Å². The minimum atomic E-state index is -0.761. The number of nitrogens with two attached hydrogens (primary N) is 1. The number of carboxylic acids is 1. The number of hydrogen-bond acceptors (Lipinski definition) is 3. The minimum Gasteiger partial charge on any atom is -0.481 e. The minimum absolute atomic E-state index is 0.0358. The molecule has 0 aliphatic heterocycles. The van der Waals surface area contributed by atoms with Crippen LogP contribution in [0, 0.1) is 23.2 Å². The molecule has 0 heterocycles. The van der Waals surface area contributed by atoms with E-state index in [2.05, 4.69) is 5.32 Å². The summed E-state index contributed by atoms with van der Waals surface area (Å²) >= 11 is 0. The summed E-state index contributed by atoms with van der Waals surface area (Å²) in [6.07, 6.45) is 5.64. The number of carboxylic acid groups (broad SMARTS) is 1. The molecular weight excluding hydrogens is 256 g/mol. The molecule has 3 fully saturated rings. The van der Waals surface area contributed by atoms with Gasteiger partial charge in [0.05, 0.1) is 11.3 Å². The topological polar surface area (TPSA) is 92.4 Å². The first-order chi connectivity index (χ1) is 9.43. The number of rotatable bonds is 3. The molecule has 1 amide bonds. The number of hydrogen-bond donors (Lipinski definition) is 3. The summed E-state index contributed by atoms with van der Waals surface area (Å²) in [5.74, 6) is -0.618. The lowest BCUT2D eigenvalue weighted by Crippen LogP contribution is -2.54. The smallest absolute Gasteiger partial charge is 0.308 e. The molecular formula is C15H24N2O3. The molecule has 0 aromatic heterocycles. The first-order valence-corrected chi connectivity index (χ1v) is 7.73. The lowest BCUT2D eigenvalue weighted by molar-refractivity contribution is -0.145. The number of fused-ring (bicyclic) bond motifs is 2. The van der Waals surface area contributed by atoms with Crippen LogP contribution in [0.2, 0.25) is 0 Å². The second-order valence-electron chi connectivity index (χ2n) is 7.11. The van der Waals surface area contributed by atoms with E-state index in [0.717, 1.165) is 38.5 Å². The normalized spacial score (nSPS) is 46.6. The number of carbonyl (C=O) groups excluding carboxylic acids is 1. The summed E-state index contributed by atoms with van der Waals surface area (Å²) in [5, 5.41) is 12.5. The average molecular weight is 280 g/mol. The standard InChI is InChI=1S/C15H24N2O3/c1-15(6-2-3-10(15)16)14(20)17-12-9-5-4-8(7-9)11(12)13(18)19/h8-12H,2-7,16H2,1H3,(H,17,20)(H,18,19). The van der Waals surface area contributed by atoms with Crippen LogP contribution in [0.5, 0.6) is 0 Å². The van der Waals surface area contributed by atoms with Crippen molar-refractivity contribution in [1.82, 2.24) is 5.32 Å². The number of amides is 1. The van der Waals surface area contributed by atoms with Gasteiger partial charge >= 0.3 is 5.97 Å². The Morgan fingerprint density at radius 1 is 1.25 bits per heavy atom. The highest BCUT2D eigenvalue weighted by Gasteiger charge is 2.53. The van der Waals surface area contributed by atoms with E-state index in [-0.39, 0.29) is 23.9 Å². The van der Waals surface area contributed by atoms with Crippen LogP contribution in [0.3, 0.4) is 0 Å². The third-order valence-corrected chi connectivity index (χ3v) is 6.05. The van der Waals surface area contributed by atoms with Crippen LogP contribution in [0.1, 0.15) is 45.4 Å². The van der Waals surface area contributed by atoms with Crippen LogP contribution < -0.4 is 11.1 Å². The lowest BCUT2D eigenvalue weighted by atomic mass is 9.81. The van der Waals surface area contributed by atoms with E-state index in [9.17, 15) is 14.7 Å². The summed E-state index contributed by atoms with van der Waals surface area (Å²) in [5.41, 5.74) is 5.56. The van der Waals surface area contributed by atoms with Crippen molar-refractivity contribution in [2.45, 2.75) is 57.5 Å². The molecule has 20 heavy (non-hydrogen) atoms. The van der Waals surface area contributed by atoms with E-state index in [1.807, 2.05) is 6.92 Å². The Bertz CT molecular complexity index is 439. The van der Waals surface area contributed by atoms with Crippen molar-refractivity contribution in [3.63, 3.8) is 0 Å². The Kier molecular flexibility index (Phi) is 3.27. The number of aliphatic carboxylic acids is 1. The number of nitrogens with one attached hydrogen (secondary N) is 1. The molecule has 3 aliphatic rings. The maximum absolute atomic E-state index is 12.6. The van der Waals surface area contributed by atoms with Crippen molar-refractivity contribution in [3.8, 4) is 0 Å². The van der Waals surface area contributed by atoms with Gasteiger partial charge < -0.3 is 16.2 Å². The van der Waals surface area contributed by atoms with Crippen molar-refractivity contribution in [2.24, 2.45) is 28.9 Å². The summed E-state index contributed by atoms with van der Waals surface area (Å²) < 4.78 is 0. The Balaban J connectivity index is 1.74. The van der Waals surface area contributed by atoms with E-state index >= 15 is 0 Å². The van der Waals surface area contributed by atoms with Crippen molar-refractivity contribution < 1.29 is 14.7 Å². The molecule has 5 heteroatoms. The van der Waals surface area contributed by atoms with Gasteiger partial charge in [0.1, 0.15) is 0 Å². The monoisotopic (exact) mass is 280 g/mol. The molecule has 4 N–H and O–H groups in total. The van der Waals surface area contributed by atoms with Gasteiger partial charge in [0.25, 0.3) is 0 Å². The molecule has 112 valence electrons. The van der Waals surface area contributed by atoms with E-state index in [1.54, 1.807) is 0 Å². The molecule has 0 radical (unpaired) electrons. The van der Waals surface area contributed by atoms with Crippen LogP contribution in [0.4, 0.5) is 0 Å². The van der Waals surface area contributed by atoms with Gasteiger partial charge in [-0.05, 0) is 50.9 Å². The van der Waals surface area contributed by atoms with Crippen LogP contribution in [0.25, 0.3) is 0 Å². The zero-order valence-corrected chi connectivity index (χ0v) is 12.0. The average Bonchev–Trinajstić information content (AvgIpc) is 3.06. The first-order valence-electron chi connectivity index (χ1n) is 7.73. The fourth-order valence-electron chi connectivity index (χ4n) is 4.65. The summed E-state index contributed by atoms with van der Waals surface area (Å²) in [4.78, 5) is 24.1. The molecule has 0 spiro atoms. The van der Waals surface area contributed by atoms with E-state index in [1.165, 1.54) is 0 Å². The molecule has 3 aliphatic carbocycles. The second kappa shape index (κ2) is 4.72. The van der Waals surface area contributed by atoms with Crippen molar-refractivity contribution >= 4 is 11.9 Å². The molecule has 6 unspecified atom stereocenters. The van der Waals surface area contributed by atoms with Gasteiger partial charge in [-0.2, -0.15) is 0 Å². The van der Waals surface area contributed by atoms with E-state index in [0.29, 0.717) is 5.92 Å². The lowest BCUT2D eigenvalue weighted by Gasteiger charge is -2.34. The molecule has 3 saturated carbocycles. The van der Waals surface area contributed by atoms with Gasteiger partial charge in [0.2, 0.25) is 5.91 Å². The Morgan fingerprint density at radius 3 is 2.55 bits per heavy atom. The van der Waals surface area contributed by atoms with Crippen LogP contribution in [-0.4, -0.2) is 29.1 Å². The maximum Gasteiger partial charge on any atom is 0.308 e. The summed E-state index contributed by atoms with van der Waals surface area (Å²) in [6.45, 7) is 1.92. The Hall–Kier alpha value is -1.10. The van der Waals surface area contributed by atoms with Crippen molar-refractivity contribution in [3.05, 3.63) is 0 Å². The van der Waals surface area contributed by atoms with Crippen LogP contribution >= 0.6 is 0 Å². The largest absolute Gasteiger partial charge is 0.481 e. The van der Waals surface area contributed by atoms with Gasteiger partial charge in [-0.3, -0.25) is 9.59 Å². The predicted octanol–water partition coefficient (Wildman–Crippen LogP) is 1.12. The molecule has 6 atom stereocenters. The highest BCUT2D eigenvalue weighted by Crippen LogP contribution is 2.49. The van der Waals surface area contributed by atoms with Gasteiger partial charge in [-0.1, -0.05) is 6.42 Å². The molecule has 0 saturated heterocycles. The zero-order chi connectivity index (χ0) is 14.5. The third-order valence-electron chi connectivity index (χ3n) is 6.05. The molecule has 0 aromatic carbocycles. The van der Waals surface area contributed by atoms with Gasteiger partial charge in [0.15, 0.2) is 0 Å². The fraction of sp³-hybridized carbons (Fsp3) is 0.867. The highest BCUT2D eigenvalue weighted by molar-refractivity contribution is 5.84. The first kappa shape index (κ1) is 13.9. The van der Waals surface area contributed by atoms with Gasteiger partial charge in [0, 0.05) is 12.1 Å². The predicted molar refractivity (Wildman–Crippen MR) is 73.8 cm³/mol. The second-order valence-corrected chi connectivity index (χ2v) is 7.11. The third kappa shape index (κ3) is 1.94. The summed E-state index contributed by atoms with van der Waals surface area (Å²) in [6, 6.07) is -0.298. The zero-order valence-electron chi connectivity index (χ0n) is 12.0. The summed E-state index contributed by atoms with van der Waals surface area (Å²) in [7, 11) is 0. The van der Waals surface area contributed by atoms with Gasteiger partial charge in [-0.25, -0.2) is 0 Å². The molecule has 0 aromatic rings. The highest BCUT2D eigenvalue weighted by atomic mass is 16.4. The Morgan fingerprint density at radius 2 is 1.95 bits per heavy atom. The SMILES string of the molecule is CC1(C(=O)NC2C3CCC(C3)C2C(=O)O)CCCC1N. The number of carbonyl (C=O) groups is 2. The molecule has 3 rings (SSSR count). The van der Waals surface area contributed by atoms with Crippen molar-refractivity contribution in [2.75, 3.05) is 0 Å². The van der Waals surface area contributed by atoms with Gasteiger partial charge in [-0.15, -0.1) is 0 Å². The quantitative estimate of drug-likeness (QED) is 0.722. The molecule has 2 bridgehead atoms. The van der Waals surface area contributed by atoms with Crippen molar-refractivity contribution in [1.29, 1.82) is 0 Å². The van der Waals surface area contributed by atoms with Crippen LogP contribution in [0.15, 0.2) is 0 Å². The molecule has 5 nitrogen and oxygen atoms in total.